The van der Waals surface area contributed by atoms with Gasteiger partial charge in [0, 0.05) is 26.7 Å². The van der Waals surface area contributed by atoms with Crippen molar-refractivity contribution in [2.24, 2.45) is 7.05 Å². The van der Waals surface area contributed by atoms with Crippen LogP contribution in [0.15, 0.2) is 33.9 Å². The highest BCUT2D eigenvalue weighted by Gasteiger charge is 2.26. The molecule has 1 atom stereocenters. The van der Waals surface area contributed by atoms with Crippen molar-refractivity contribution in [3.05, 3.63) is 46.5 Å². The van der Waals surface area contributed by atoms with Gasteiger partial charge in [0.05, 0.1) is 31.8 Å². The summed E-state index contributed by atoms with van der Waals surface area (Å²) in [6.07, 6.45) is 3.34. The van der Waals surface area contributed by atoms with Crippen molar-refractivity contribution in [3.8, 4) is 0 Å². The Morgan fingerprint density at radius 1 is 1.28 bits per heavy atom. The lowest BCUT2D eigenvalue weighted by molar-refractivity contribution is 0.00710. The van der Waals surface area contributed by atoms with Crippen molar-refractivity contribution in [1.82, 2.24) is 24.2 Å². The van der Waals surface area contributed by atoms with Gasteiger partial charge in [-0.1, -0.05) is 0 Å². The number of hydrogen-bond acceptors (Lipinski definition) is 6. The maximum absolute atomic E-state index is 12.8. The number of furan rings is 1. The summed E-state index contributed by atoms with van der Waals surface area (Å²) >= 11 is 0. The molecule has 0 spiro atoms. The summed E-state index contributed by atoms with van der Waals surface area (Å²) in [4.78, 5) is 19.4. The minimum absolute atomic E-state index is 0.0433. The molecular weight excluding hydrogens is 322 g/mol. The monoisotopic (exact) mass is 343 g/mol. The number of aryl methyl sites for hydroxylation is 2. The average Bonchev–Trinajstić information content (AvgIpc) is 3.21. The van der Waals surface area contributed by atoms with Gasteiger partial charge in [-0.3, -0.25) is 18.9 Å². The Morgan fingerprint density at radius 3 is 2.80 bits per heavy atom. The Hall–Kier alpha value is -2.45. The maximum atomic E-state index is 12.8. The minimum Gasteiger partial charge on any atom is -0.465 e. The molecule has 1 fully saturated rings. The zero-order chi connectivity index (χ0) is 17.4. The van der Waals surface area contributed by atoms with Gasteiger partial charge in [0.15, 0.2) is 5.52 Å². The molecule has 0 bridgehead atoms. The van der Waals surface area contributed by atoms with E-state index in [0.717, 1.165) is 24.6 Å². The van der Waals surface area contributed by atoms with Crippen molar-refractivity contribution < 1.29 is 9.15 Å². The third-order valence-corrected chi connectivity index (χ3v) is 4.55. The van der Waals surface area contributed by atoms with Crippen LogP contribution in [0.4, 0.5) is 0 Å². The van der Waals surface area contributed by atoms with E-state index in [1.54, 1.807) is 28.8 Å². The molecule has 25 heavy (non-hydrogen) atoms. The molecule has 132 valence electrons. The highest BCUT2D eigenvalue weighted by molar-refractivity contribution is 5.71. The van der Waals surface area contributed by atoms with Gasteiger partial charge in [-0.25, -0.2) is 4.98 Å². The lowest BCUT2D eigenvalue weighted by Crippen LogP contribution is -2.41. The molecule has 1 saturated heterocycles. The van der Waals surface area contributed by atoms with E-state index in [4.69, 9.17) is 9.15 Å². The molecule has 0 aromatic carbocycles. The normalized spacial score (nSPS) is 17.2. The van der Waals surface area contributed by atoms with Gasteiger partial charge in [-0.05, 0) is 19.1 Å². The van der Waals surface area contributed by atoms with Crippen LogP contribution in [0.25, 0.3) is 11.0 Å². The van der Waals surface area contributed by atoms with E-state index in [0.29, 0.717) is 30.8 Å². The summed E-state index contributed by atoms with van der Waals surface area (Å²) in [7, 11) is 1.79. The minimum atomic E-state index is -0.132. The van der Waals surface area contributed by atoms with E-state index in [2.05, 4.69) is 15.0 Å². The van der Waals surface area contributed by atoms with Crippen molar-refractivity contribution in [2.45, 2.75) is 19.5 Å². The largest absolute Gasteiger partial charge is 0.465 e. The van der Waals surface area contributed by atoms with Crippen LogP contribution in [0.1, 0.15) is 17.6 Å². The number of nitrogens with zero attached hydrogens (tertiary/aromatic N) is 5. The molecule has 0 saturated carbocycles. The summed E-state index contributed by atoms with van der Waals surface area (Å²) in [6.45, 7) is 5.36. The summed E-state index contributed by atoms with van der Waals surface area (Å²) in [5, 5.41) is 4.23. The Bertz CT molecular complexity index is 935. The molecule has 0 unspecified atom stereocenters. The summed E-state index contributed by atoms with van der Waals surface area (Å²) in [5.41, 5.74) is 0.869. The molecule has 4 heterocycles. The van der Waals surface area contributed by atoms with Gasteiger partial charge in [-0.15, -0.1) is 0 Å². The van der Waals surface area contributed by atoms with Crippen LogP contribution in [-0.2, 0) is 18.3 Å². The van der Waals surface area contributed by atoms with E-state index in [9.17, 15) is 4.79 Å². The first kappa shape index (κ1) is 16.0. The Balaban J connectivity index is 1.70. The van der Waals surface area contributed by atoms with E-state index >= 15 is 0 Å². The predicted octanol–water partition coefficient (Wildman–Crippen LogP) is 1.10. The standard InChI is InChI=1S/C17H21N5O3/c1-12-3-4-15(25-12)14(21-5-7-24-8-6-21)10-22-11-18-13-9-20(2)19-16(13)17(22)23/h3-4,9,11,14H,5-8,10H2,1-2H3/t14-/m0/s1. The van der Waals surface area contributed by atoms with Gasteiger partial charge in [0.1, 0.15) is 17.0 Å². The average molecular weight is 343 g/mol. The molecule has 8 nitrogen and oxygen atoms in total. The molecule has 0 amide bonds. The van der Waals surface area contributed by atoms with Crippen LogP contribution >= 0.6 is 0 Å². The maximum Gasteiger partial charge on any atom is 0.281 e. The zero-order valence-corrected chi connectivity index (χ0v) is 14.4. The molecular formula is C17H21N5O3. The van der Waals surface area contributed by atoms with Crippen LogP contribution in [0.5, 0.6) is 0 Å². The van der Waals surface area contributed by atoms with E-state index < -0.39 is 0 Å². The van der Waals surface area contributed by atoms with Crippen LogP contribution < -0.4 is 5.56 Å². The Kier molecular flexibility index (Phi) is 4.14. The van der Waals surface area contributed by atoms with Crippen molar-refractivity contribution in [3.63, 3.8) is 0 Å². The highest BCUT2D eigenvalue weighted by atomic mass is 16.5. The van der Waals surface area contributed by atoms with Gasteiger partial charge in [-0.2, -0.15) is 5.10 Å². The number of ether oxygens (including phenoxy) is 1. The topological polar surface area (TPSA) is 78.3 Å². The number of rotatable bonds is 4. The fourth-order valence-corrected chi connectivity index (χ4v) is 3.27. The second-order valence-electron chi connectivity index (χ2n) is 6.35. The van der Waals surface area contributed by atoms with Crippen molar-refractivity contribution in [1.29, 1.82) is 0 Å². The SMILES string of the molecule is Cc1ccc([C@H](Cn2cnc3cn(C)nc3c2=O)N2CCOCC2)o1. The van der Waals surface area contributed by atoms with E-state index in [1.165, 1.54) is 0 Å². The molecule has 0 aliphatic carbocycles. The van der Waals surface area contributed by atoms with Gasteiger partial charge in [0.2, 0.25) is 0 Å². The van der Waals surface area contributed by atoms with E-state index in [-0.39, 0.29) is 11.6 Å². The van der Waals surface area contributed by atoms with Crippen molar-refractivity contribution >= 4 is 11.0 Å². The molecule has 1 aliphatic rings. The molecule has 0 N–H and O–H groups in total. The lowest BCUT2D eigenvalue weighted by atomic mass is 10.1. The highest BCUT2D eigenvalue weighted by Crippen LogP contribution is 2.25. The zero-order valence-electron chi connectivity index (χ0n) is 14.4. The predicted molar refractivity (Wildman–Crippen MR) is 91.3 cm³/mol. The van der Waals surface area contributed by atoms with E-state index in [1.807, 2.05) is 19.1 Å². The van der Waals surface area contributed by atoms with Crippen LogP contribution in [-0.4, -0.2) is 50.5 Å². The fraction of sp³-hybridized carbons (Fsp3) is 0.471. The second-order valence-corrected chi connectivity index (χ2v) is 6.35. The molecule has 0 radical (unpaired) electrons. The molecule has 4 rings (SSSR count). The van der Waals surface area contributed by atoms with Crippen LogP contribution in [0.3, 0.4) is 0 Å². The Morgan fingerprint density at radius 2 is 2.08 bits per heavy atom. The number of hydrogen-bond donors (Lipinski definition) is 0. The van der Waals surface area contributed by atoms with Gasteiger partial charge >= 0.3 is 0 Å². The number of fused-ring (bicyclic) bond motifs is 1. The summed E-state index contributed by atoms with van der Waals surface area (Å²) in [5.74, 6) is 1.71. The molecule has 3 aromatic rings. The third kappa shape index (κ3) is 3.10. The third-order valence-electron chi connectivity index (χ3n) is 4.55. The van der Waals surface area contributed by atoms with Gasteiger partial charge < -0.3 is 9.15 Å². The van der Waals surface area contributed by atoms with Crippen LogP contribution in [0, 0.1) is 6.92 Å². The number of aromatic nitrogens is 4. The number of morpholine rings is 1. The Labute approximate surface area is 144 Å². The first-order valence-corrected chi connectivity index (χ1v) is 8.39. The van der Waals surface area contributed by atoms with Crippen LogP contribution in [0.2, 0.25) is 0 Å². The molecule has 1 aliphatic heterocycles. The lowest BCUT2D eigenvalue weighted by Gasteiger charge is -2.33. The van der Waals surface area contributed by atoms with Crippen molar-refractivity contribution in [2.75, 3.05) is 26.3 Å². The smallest absolute Gasteiger partial charge is 0.281 e. The van der Waals surface area contributed by atoms with Gasteiger partial charge in [0.25, 0.3) is 5.56 Å². The fourth-order valence-electron chi connectivity index (χ4n) is 3.27. The molecule has 8 heteroatoms. The first-order chi connectivity index (χ1) is 12.1. The summed E-state index contributed by atoms with van der Waals surface area (Å²) in [6, 6.07) is 3.89. The first-order valence-electron chi connectivity index (χ1n) is 8.39. The quantitative estimate of drug-likeness (QED) is 0.706. The summed E-state index contributed by atoms with van der Waals surface area (Å²) < 4.78 is 14.6. The second kappa shape index (κ2) is 6.45. The molecule has 3 aromatic heterocycles.